The topological polar surface area (TPSA) is 61.8 Å². The summed E-state index contributed by atoms with van der Waals surface area (Å²) < 4.78 is 15.8. The third-order valence-electron chi connectivity index (χ3n) is 3.10. The first kappa shape index (κ1) is 18.0. The molecule has 2 rings (SSSR count). The van der Waals surface area contributed by atoms with Crippen molar-refractivity contribution in [2.45, 2.75) is 13.5 Å². The molecule has 0 atom stereocenters. The lowest BCUT2D eigenvalue weighted by atomic mass is 10.2. The molecule has 0 aliphatic heterocycles. The third-order valence-corrected chi connectivity index (χ3v) is 3.10. The number of carbonyl (C=O) groups excluding carboxylic acids is 2. The molecule has 0 heterocycles. The Balaban J connectivity index is 1.88. The number of ether oxygens (including phenoxy) is 3. The van der Waals surface area contributed by atoms with Crippen LogP contribution in [-0.2, 0) is 16.2 Å². The van der Waals surface area contributed by atoms with E-state index in [2.05, 4.69) is 13.2 Å². The molecular formula is C20H18O5. The normalized spacial score (nSPS) is 9.80. The van der Waals surface area contributed by atoms with Crippen LogP contribution in [0.4, 0.5) is 0 Å². The molecule has 0 bridgehead atoms. The predicted molar refractivity (Wildman–Crippen MR) is 93.5 cm³/mol. The molecule has 2 aromatic carbocycles. The van der Waals surface area contributed by atoms with Crippen molar-refractivity contribution < 1.29 is 23.8 Å². The molecule has 25 heavy (non-hydrogen) atoms. The Hall–Kier alpha value is -3.34. The van der Waals surface area contributed by atoms with E-state index < -0.39 is 11.9 Å². The Morgan fingerprint density at radius 2 is 1.44 bits per heavy atom. The van der Waals surface area contributed by atoms with Crippen molar-refractivity contribution in [2.24, 2.45) is 0 Å². The van der Waals surface area contributed by atoms with Crippen LogP contribution in [0.1, 0.15) is 12.5 Å². The second-order valence-electron chi connectivity index (χ2n) is 5.20. The van der Waals surface area contributed by atoms with Gasteiger partial charge in [-0.2, -0.15) is 0 Å². The van der Waals surface area contributed by atoms with Gasteiger partial charge in [-0.25, -0.2) is 9.59 Å². The molecule has 0 saturated heterocycles. The van der Waals surface area contributed by atoms with Gasteiger partial charge in [-0.05, 0) is 48.9 Å². The van der Waals surface area contributed by atoms with Gasteiger partial charge < -0.3 is 14.2 Å². The van der Waals surface area contributed by atoms with Crippen LogP contribution in [0.3, 0.4) is 0 Å². The van der Waals surface area contributed by atoms with Crippen LogP contribution in [0.15, 0.2) is 73.3 Å². The molecule has 0 amide bonds. The Bertz CT molecular complexity index is 773. The number of rotatable bonds is 7. The van der Waals surface area contributed by atoms with E-state index in [4.69, 9.17) is 14.2 Å². The first-order valence-corrected chi connectivity index (χ1v) is 7.51. The third kappa shape index (κ3) is 5.66. The van der Waals surface area contributed by atoms with E-state index in [-0.39, 0.29) is 0 Å². The van der Waals surface area contributed by atoms with E-state index in [0.717, 1.165) is 11.6 Å². The number of carbonyl (C=O) groups is 2. The van der Waals surface area contributed by atoms with Crippen LogP contribution in [0.5, 0.6) is 17.2 Å². The second-order valence-corrected chi connectivity index (χ2v) is 5.20. The summed E-state index contributed by atoms with van der Waals surface area (Å²) in [6.45, 7) is 8.80. The Morgan fingerprint density at radius 1 is 0.920 bits per heavy atom. The highest BCUT2D eigenvalue weighted by molar-refractivity contribution is 5.88. The summed E-state index contributed by atoms with van der Waals surface area (Å²) in [5, 5.41) is 0. The van der Waals surface area contributed by atoms with E-state index in [1.807, 2.05) is 0 Å². The van der Waals surface area contributed by atoms with Gasteiger partial charge in [-0.3, -0.25) is 0 Å². The van der Waals surface area contributed by atoms with Crippen LogP contribution in [0.2, 0.25) is 0 Å². The average Bonchev–Trinajstić information content (AvgIpc) is 2.62. The largest absolute Gasteiger partial charge is 0.489 e. The lowest BCUT2D eigenvalue weighted by molar-refractivity contribution is -0.130. The molecule has 5 heteroatoms. The minimum atomic E-state index is -0.503. The number of hydrogen-bond donors (Lipinski definition) is 0. The standard InChI is InChI=1S/C20H18O5/c1-4-19(21)24-17-7-5-15(6-8-17)13-23-16-9-11-18(12-10-16)25-20(22)14(2)3/h4-12H,1-2,13H2,3H3. The minimum Gasteiger partial charge on any atom is -0.489 e. The van der Waals surface area contributed by atoms with Crippen molar-refractivity contribution in [2.75, 3.05) is 0 Å². The summed E-state index contributed by atoms with van der Waals surface area (Å²) in [5.41, 5.74) is 1.25. The first-order chi connectivity index (χ1) is 12.0. The van der Waals surface area contributed by atoms with Crippen molar-refractivity contribution in [1.29, 1.82) is 0 Å². The van der Waals surface area contributed by atoms with Crippen LogP contribution < -0.4 is 14.2 Å². The summed E-state index contributed by atoms with van der Waals surface area (Å²) in [5.74, 6) is 0.533. The van der Waals surface area contributed by atoms with Gasteiger partial charge in [0, 0.05) is 11.6 Å². The number of hydrogen-bond acceptors (Lipinski definition) is 5. The van der Waals surface area contributed by atoms with Gasteiger partial charge in [-0.15, -0.1) is 0 Å². The van der Waals surface area contributed by atoms with Gasteiger partial charge in [0.05, 0.1) is 0 Å². The molecule has 0 saturated carbocycles. The van der Waals surface area contributed by atoms with E-state index in [1.54, 1.807) is 55.5 Å². The van der Waals surface area contributed by atoms with E-state index in [0.29, 0.717) is 29.4 Å². The summed E-state index contributed by atoms with van der Waals surface area (Å²) in [6, 6.07) is 13.7. The van der Waals surface area contributed by atoms with Crippen molar-refractivity contribution in [3.8, 4) is 17.2 Å². The Kier molecular flexibility index (Phi) is 6.12. The SMILES string of the molecule is C=CC(=O)Oc1ccc(COc2ccc(OC(=O)C(=C)C)cc2)cc1. The highest BCUT2D eigenvalue weighted by Crippen LogP contribution is 2.20. The molecule has 0 fully saturated rings. The quantitative estimate of drug-likeness (QED) is 0.436. The molecule has 128 valence electrons. The van der Waals surface area contributed by atoms with Crippen molar-refractivity contribution in [3.63, 3.8) is 0 Å². The maximum absolute atomic E-state index is 11.4. The zero-order chi connectivity index (χ0) is 18.2. The molecule has 0 aromatic heterocycles. The van der Waals surface area contributed by atoms with Gasteiger partial charge in [0.15, 0.2) is 0 Å². The summed E-state index contributed by atoms with van der Waals surface area (Å²) in [6.07, 6.45) is 1.11. The summed E-state index contributed by atoms with van der Waals surface area (Å²) >= 11 is 0. The molecular weight excluding hydrogens is 320 g/mol. The van der Waals surface area contributed by atoms with Gasteiger partial charge >= 0.3 is 11.9 Å². The fourth-order valence-corrected chi connectivity index (χ4v) is 1.78. The van der Waals surface area contributed by atoms with Crippen molar-refractivity contribution in [1.82, 2.24) is 0 Å². The van der Waals surface area contributed by atoms with E-state index in [9.17, 15) is 9.59 Å². The minimum absolute atomic E-state index is 0.336. The zero-order valence-electron chi connectivity index (χ0n) is 13.9. The van der Waals surface area contributed by atoms with Crippen molar-refractivity contribution in [3.05, 3.63) is 78.9 Å². The van der Waals surface area contributed by atoms with Gasteiger partial charge in [-0.1, -0.05) is 25.3 Å². The first-order valence-electron chi connectivity index (χ1n) is 7.51. The van der Waals surface area contributed by atoms with Gasteiger partial charge in [0.25, 0.3) is 0 Å². The molecule has 0 N–H and O–H groups in total. The molecule has 0 spiro atoms. The molecule has 0 aliphatic carbocycles. The monoisotopic (exact) mass is 338 g/mol. The molecule has 0 aliphatic rings. The fraction of sp³-hybridized carbons (Fsp3) is 0.100. The van der Waals surface area contributed by atoms with Crippen molar-refractivity contribution >= 4 is 11.9 Å². The average molecular weight is 338 g/mol. The molecule has 0 unspecified atom stereocenters. The van der Waals surface area contributed by atoms with Crippen LogP contribution >= 0.6 is 0 Å². The lowest BCUT2D eigenvalue weighted by Crippen LogP contribution is -2.07. The smallest absolute Gasteiger partial charge is 0.338 e. The zero-order valence-corrected chi connectivity index (χ0v) is 13.9. The maximum Gasteiger partial charge on any atom is 0.338 e. The van der Waals surface area contributed by atoms with Crippen LogP contribution in [0, 0.1) is 0 Å². The fourth-order valence-electron chi connectivity index (χ4n) is 1.78. The van der Waals surface area contributed by atoms with Gasteiger partial charge in [0.2, 0.25) is 0 Å². The second kappa shape index (κ2) is 8.49. The maximum atomic E-state index is 11.4. The number of benzene rings is 2. The van der Waals surface area contributed by atoms with Crippen LogP contribution in [0.25, 0.3) is 0 Å². The molecule has 5 nitrogen and oxygen atoms in total. The Labute approximate surface area is 146 Å². The number of esters is 2. The Morgan fingerprint density at radius 3 is 2.00 bits per heavy atom. The van der Waals surface area contributed by atoms with E-state index in [1.165, 1.54) is 0 Å². The van der Waals surface area contributed by atoms with Gasteiger partial charge in [0.1, 0.15) is 23.9 Å². The molecule has 2 aromatic rings. The molecule has 0 radical (unpaired) electrons. The summed E-state index contributed by atoms with van der Waals surface area (Å²) in [7, 11) is 0. The lowest BCUT2D eigenvalue weighted by Gasteiger charge is -2.08. The summed E-state index contributed by atoms with van der Waals surface area (Å²) in [4.78, 5) is 22.5. The predicted octanol–water partition coefficient (Wildman–Crippen LogP) is 3.84. The van der Waals surface area contributed by atoms with E-state index >= 15 is 0 Å². The highest BCUT2D eigenvalue weighted by atomic mass is 16.5. The van der Waals surface area contributed by atoms with Crippen LogP contribution in [-0.4, -0.2) is 11.9 Å². The highest BCUT2D eigenvalue weighted by Gasteiger charge is 2.05.